The zero-order valence-corrected chi connectivity index (χ0v) is 12.0. The molecule has 0 spiro atoms. The highest BCUT2D eigenvalue weighted by atomic mass is 14.7. The van der Waals surface area contributed by atoms with Gasteiger partial charge in [0.05, 0.1) is 11.4 Å². The Morgan fingerprint density at radius 2 is 0.909 bits per heavy atom. The maximum atomic E-state index is 4.49. The van der Waals surface area contributed by atoms with Crippen molar-refractivity contribution in [2.24, 2.45) is 0 Å². The van der Waals surface area contributed by atoms with Crippen molar-refractivity contribution in [3.8, 4) is 22.5 Å². The maximum absolute atomic E-state index is 4.49. The lowest BCUT2D eigenvalue weighted by molar-refractivity contribution is 1.32. The molecule has 0 atom stereocenters. The fourth-order valence-corrected chi connectivity index (χ4v) is 2.79. The summed E-state index contributed by atoms with van der Waals surface area (Å²) in [7, 11) is 0. The fraction of sp³-hybridized carbons (Fsp3) is 0. The van der Waals surface area contributed by atoms with E-state index < -0.39 is 0 Å². The standard InChI is InChI=1S/C20H14N2/c1-2-8-16-15(7-1)17(19-9-3-5-13-21-19)11-12-18(16)20-10-4-6-14-22-20/h1-14H. The Balaban J connectivity index is 2.01. The quantitative estimate of drug-likeness (QED) is 0.519. The van der Waals surface area contributed by atoms with Gasteiger partial charge >= 0.3 is 0 Å². The summed E-state index contributed by atoms with van der Waals surface area (Å²) in [6.07, 6.45) is 3.66. The molecule has 2 aromatic carbocycles. The minimum atomic E-state index is 0.992. The average Bonchev–Trinajstić information content (AvgIpc) is 2.62. The van der Waals surface area contributed by atoms with E-state index in [9.17, 15) is 0 Å². The van der Waals surface area contributed by atoms with Gasteiger partial charge in [0, 0.05) is 23.5 Å². The van der Waals surface area contributed by atoms with Crippen molar-refractivity contribution in [3.63, 3.8) is 0 Å². The van der Waals surface area contributed by atoms with Gasteiger partial charge in [-0.1, -0.05) is 48.5 Å². The van der Waals surface area contributed by atoms with E-state index in [0.717, 1.165) is 22.5 Å². The first-order valence-corrected chi connectivity index (χ1v) is 7.28. The molecule has 2 heterocycles. The molecule has 0 fully saturated rings. The summed E-state index contributed by atoms with van der Waals surface area (Å²) in [6, 6.07) is 24.7. The van der Waals surface area contributed by atoms with E-state index in [-0.39, 0.29) is 0 Å². The van der Waals surface area contributed by atoms with E-state index in [1.807, 2.05) is 48.8 Å². The second kappa shape index (κ2) is 5.41. The zero-order chi connectivity index (χ0) is 14.8. The molecule has 0 unspecified atom stereocenters. The molecule has 0 saturated carbocycles. The Morgan fingerprint density at radius 3 is 1.32 bits per heavy atom. The van der Waals surface area contributed by atoms with E-state index in [4.69, 9.17) is 0 Å². The molecule has 0 amide bonds. The van der Waals surface area contributed by atoms with Crippen LogP contribution in [0.1, 0.15) is 0 Å². The first kappa shape index (κ1) is 12.7. The normalized spacial score (nSPS) is 10.7. The van der Waals surface area contributed by atoms with Gasteiger partial charge in [-0.25, -0.2) is 0 Å². The summed E-state index contributed by atoms with van der Waals surface area (Å²) in [4.78, 5) is 8.97. The van der Waals surface area contributed by atoms with Crippen LogP contribution in [-0.2, 0) is 0 Å². The Kier molecular flexibility index (Phi) is 3.13. The molecule has 0 saturated heterocycles. The van der Waals surface area contributed by atoms with Crippen LogP contribution in [0.5, 0.6) is 0 Å². The summed E-state index contributed by atoms with van der Waals surface area (Å²) in [5.41, 5.74) is 4.28. The molecular formula is C20H14N2. The highest BCUT2D eigenvalue weighted by Crippen LogP contribution is 2.33. The van der Waals surface area contributed by atoms with Crippen molar-refractivity contribution >= 4 is 10.8 Å². The summed E-state index contributed by atoms with van der Waals surface area (Å²) in [5, 5.41) is 2.40. The van der Waals surface area contributed by atoms with E-state index in [1.54, 1.807) is 0 Å². The van der Waals surface area contributed by atoms with Crippen LogP contribution in [-0.4, -0.2) is 9.97 Å². The molecule has 0 N–H and O–H groups in total. The molecule has 0 aliphatic heterocycles. The third kappa shape index (κ3) is 2.15. The maximum Gasteiger partial charge on any atom is 0.0708 e. The van der Waals surface area contributed by atoms with Crippen molar-refractivity contribution < 1.29 is 0 Å². The minimum Gasteiger partial charge on any atom is -0.256 e. The highest BCUT2D eigenvalue weighted by Gasteiger charge is 2.09. The van der Waals surface area contributed by atoms with Gasteiger partial charge in [-0.3, -0.25) is 9.97 Å². The number of nitrogens with zero attached hydrogens (tertiary/aromatic N) is 2. The lowest BCUT2D eigenvalue weighted by Gasteiger charge is -2.10. The van der Waals surface area contributed by atoms with Crippen LogP contribution in [0, 0.1) is 0 Å². The van der Waals surface area contributed by atoms with Crippen LogP contribution >= 0.6 is 0 Å². The molecule has 0 aliphatic carbocycles. The third-order valence-electron chi connectivity index (χ3n) is 3.81. The summed E-state index contributed by atoms with van der Waals surface area (Å²) >= 11 is 0. The largest absolute Gasteiger partial charge is 0.256 e. The van der Waals surface area contributed by atoms with Crippen LogP contribution in [0.25, 0.3) is 33.3 Å². The predicted octanol–water partition coefficient (Wildman–Crippen LogP) is 4.96. The van der Waals surface area contributed by atoms with Gasteiger partial charge in [0.2, 0.25) is 0 Å². The molecule has 0 aliphatic rings. The van der Waals surface area contributed by atoms with E-state index in [0.29, 0.717) is 0 Å². The topological polar surface area (TPSA) is 25.8 Å². The Morgan fingerprint density at radius 1 is 0.455 bits per heavy atom. The molecule has 2 nitrogen and oxygen atoms in total. The van der Waals surface area contributed by atoms with Gasteiger partial charge < -0.3 is 0 Å². The van der Waals surface area contributed by atoms with Crippen LogP contribution in [0.2, 0.25) is 0 Å². The molecule has 4 aromatic rings. The fourth-order valence-electron chi connectivity index (χ4n) is 2.79. The summed E-state index contributed by atoms with van der Waals surface area (Å²) in [5.74, 6) is 0. The van der Waals surface area contributed by atoms with Gasteiger partial charge in [0.1, 0.15) is 0 Å². The predicted molar refractivity (Wildman–Crippen MR) is 90.4 cm³/mol. The van der Waals surface area contributed by atoms with Gasteiger partial charge in [-0.15, -0.1) is 0 Å². The van der Waals surface area contributed by atoms with Crippen LogP contribution in [0.4, 0.5) is 0 Å². The van der Waals surface area contributed by atoms with Crippen molar-refractivity contribution in [2.75, 3.05) is 0 Å². The smallest absolute Gasteiger partial charge is 0.0708 e. The SMILES string of the molecule is c1ccc(-c2ccc(-c3ccccn3)c3ccccc23)nc1. The molecule has 22 heavy (non-hydrogen) atoms. The number of pyridine rings is 2. The molecule has 4 rings (SSSR count). The Bertz CT molecular complexity index is 838. The Hall–Kier alpha value is -3.00. The third-order valence-corrected chi connectivity index (χ3v) is 3.81. The number of fused-ring (bicyclic) bond motifs is 1. The number of benzene rings is 2. The first-order chi connectivity index (χ1) is 10.9. The number of rotatable bonds is 2. The van der Waals surface area contributed by atoms with Crippen molar-refractivity contribution in [1.82, 2.24) is 9.97 Å². The van der Waals surface area contributed by atoms with Crippen LogP contribution in [0.15, 0.2) is 85.2 Å². The lowest BCUT2D eigenvalue weighted by atomic mass is 9.96. The van der Waals surface area contributed by atoms with Gasteiger partial charge in [0.15, 0.2) is 0 Å². The molecule has 0 bridgehead atoms. The summed E-state index contributed by atoms with van der Waals surface area (Å²) < 4.78 is 0. The summed E-state index contributed by atoms with van der Waals surface area (Å²) in [6.45, 7) is 0. The first-order valence-electron chi connectivity index (χ1n) is 7.28. The van der Waals surface area contributed by atoms with Crippen molar-refractivity contribution in [1.29, 1.82) is 0 Å². The number of hydrogen-bond acceptors (Lipinski definition) is 2. The van der Waals surface area contributed by atoms with E-state index >= 15 is 0 Å². The molecule has 2 aromatic heterocycles. The van der Waals surface area contributed by atoms with Crippen molar-refractivity contribution in [3.05, 3.63) is 85.2 Å². The minimum absolute atomic E-state index is 0.992. The molecule has 104 valence electrons. The Labute approximate surface area is 129 Å². The molecule has 0 radical (unpaired) electrons. The second-order valence-electron chi connectivity index (χ2n) is 5.14. The number of hydrogen-bond donors (Lipinski definition) is 0. The van der Waals surface area contributed by atoms with Gasteiger partial charge in [-0.2, -0.15) is 0 Å². The van der Waals surface area contributed by atoms with Crippen LogP contribution in [0.3, 0.4) is 0 Å². The van der Waals surface area contributed by atoms with Gasteiger partial charge in [-0.05, 0) is 35.0 Å². The number of aromatic nitrogens is 2. The van der Waals surface area contributed by atoms with E-state index in [2.05, 4.69) is 46.4 Å². The highest BCUT2D eigenvalue weighted by molar-refractivity contribution is 6.03. The second-order valence-corrected chi connectivity index (χ2v) is 5.14. The molecule has 2 heteroatoms. The zero-order valence-electron chi connectivity index (χ0n) is 12.0. The van der Waals surface area contributed by atoms with Gasteiger partial charge in [0.25, 0.3) is 0 Å². The van der Waals surface area contributed by atoms with Crippen molar-refractivity contribution in [2.45, 2.75) is 0 Å². The van der Waals surface area contributed by atoms with E-state index in [1.165, 1.54) is 10.8 Å². The lowest BCUT2D eigenvalue weighted by Crippen LogP contribution is -1.89. The average molecular weight is 282 g/mol. The van der Waals surface area contributed by atoms with Crippen LogP contribution < -0.4 is 0 Å². The monoisotopic (exact) mass is 282 g/mol. The molecular weight excluding hydrogens is 268 g/mol.